The molecule has 1 N–H and O–H groups in total. The summed E-state index contributed by atoms with van der Waals surface area (Å²) in [5.41, 5.74) is -0.411. The molecule has 0 fully saturated rings. The second-order valence-corrected chi connectivity index (χ2v) is 5.09. The largest absolute Gasteiger partial charge is 0.490 e. The summed E-state index contributed by atoms with van der Waals surface area (Å²) in [5, 5.41) is 15.2. The van der Waals surface area contributed by atoms with E-state index >= 15 is 0 Å². The van der Waals surface area contributed by atoms with Crippen LogP contribution in [-0.4, -0.2) is 26.5 Å². The highest BCUT2D eigenvalue weighted by molar-refractivity contribution is 5.24. The molecule has 0 spiro atoms. The number of hydrogen-bond acceptors (Lipinski definition) is 4. The number of aliphatic hydroxyl groups is 1. The van der Waals surface area contributed by atoms with Crippen molar-refractivity contribution in [2.75, 3.05) is 6.61 Å². The molecule has 3 aromatic rings. The van der Waals surface area contributed by atoms with Gasteiger partial charge < -0.3 is 9.84 Å². The highest BCUT2D eigenvalue weighted by Crippen LogP contribution is 2.24. The molecule has 1 heterocycles. The SMILES string of the molecule is OC(COc1ccccc1)(Cn1cncn1)c1ccccc1. The van der Waals surface area contributed by atoms with Crippen LogP contribution < -0.4 is 4.74 Å². The highest BCUT2D eigenvalue weighted by Gasteiger charge is 2.31. The average molecular weight is 295 g/mol. The Hall–Kier alpha value is -2.66. The summed E-state index contributed by atoms with van der Waals surface area (Å²) in [6, 6.07) is 18.9. The molecular weight excluding hydrogens is 278 g/mol. The first kappa shape index (κ1) is 14.3. The molecule has 5 heteroatoms. The van der Waals surface area contributed by atoms with E-state index in [0.29, 0.717) is 0 Å². The van der Waals surface area contributed by atoms with Gasteiger partial charge in [0.15, 0.2) is 0 Å². The van der Waals surface area contributed by atoms with Gasteiger partial charge in [0.1, 0.15) is 30.6 Å². The van der Waals surface area contributed by atoms with Crippen LogP contribution in [0.15, 0.2) is 73.3 Å². The Labute approximate surface area is 128 Å². The van der Waals surface area contributed by atoms with Gasteiger partial charge in [0.25, 0.3) is 0 Å². The molecule has 0 saturated carbocycles. The molecule has 1 unspecified atom stereocenters. The van der Waals surface area contributed by atoms with Crippen molar-refractivity contribution in [1.82, 2.24) is 14.8 Å². The van der Waals surface area contributed by atoms with Crippen molar-refractivity contribution in [3.8, 4) is 5.75 Å². The van der Waals surface area contributed by atoms with Crippen LogP contribution in [-0.2, 0) is 12.1 Å². The van der Waals surface area contributed by atoms with Gasteiger partial charge in [-0.25, -0.2) is 9.67 Å². The summed E-state index contributed by atoms with van der Waals surface area (Å²) in [5.74, 6) is 0.718. The van der Waals surface area contributed by atoms with Gasteiger partial charge in [0.05, 0.1) is 6.54 Å². The van der Waals surface area contributed by atoms with Crippen LogP contribution in [0, 0.1) is 0 Å². The molecule has 1 atom stereocenters. The Bertz CT molecular complexity index is 686. The topological polar surface area (TPSA) is 60.2 Å². The summed E-state index contributed by atoms with van der Waals surface area (Å²) in [6.07, 6.45) is 3.03. The standard InChI is InChI=1S/C17H17N3O2/c21-17(11-20-14-18-13-19-20,15-7-3-1-4-8-15)12-22-16-9-5-2-6-10-16/h1-10,13-14,21H,11-12H2. The molecule has 0 bridgehead atoms. The monoisotopic (exact) mass is 295 g/mol. The minimum atomic E-state index is -1.19. The molecule has 2 aromatic carbocycles. The fraction of sp³-hybridized carbons (Fsp3) is 0.176. The van der Waals surface area contributed by atoms with Gasteiger partial charge in [-0.1, -0.05) is 48.5 Å². The van der Waals surface area contributed by atoms with Gasteiger partial charge in [0, 0.05) is 0 Å². The lowest BCUT2D eigenvalue weighted by Gasteiger charge is -2.28. The molecule has 0 aliphatic heterocycles. The Morgan fingerprint density at radius 3 is 2.32 bits per heavy atom. The fourth-order valence-corrected chi connectivity index (χ4v) is 2.27. The first-order chi connectivity index (χ1) is 10.8. The predicted molar refractivity (Wildman–Crippen MR) is 82.3 cm³/mol. The second kappa shape index (κ2) is 6.41. The molecule has 0 radical (unpaired) electrons. The Morgan fingerprint density at radius 1 is 1.00 bits per heavy atom. The van der Waals surface area contributed by atoms with Crippen LogP contribution in [0.2, 0.25) is 0 Å². The summed E-state index contributed by atoms with van der Waals surface area (Å²) in [4.78, 5) is 3.92. The van der Waals surface area contributed by atoms with E-state index in [2.05, 4.69) is 10.1 Å². The van der Waals surface area contributed by atoms with Crippen LogP contribution in [0.4, 0.5) is 0 Å². The number of rotatable bonds is 6. The molecule has 0 aliphatic rings. The third kappa shape index (κ3) is 3.32. The zero-order valence-electron chi connectivity index (χ0n) is 12.0. The molecule has 22 heavy (non-hydrogen) atoms. The van der Waals surface area contributed by atoms with E-state index in [1.54, 1.807) is 11.0 Å². The molecular formula is C17H17N3O2. The van der Waals surface area contributed by atoms with E-state index in [1.165, 1.54) is 6.33 Å². The van der Waals surface area contributed by atoms with Gasteiger partial charge in [-0.3, -0.25) is 0 Å². The van der Waals surface area contributed by atoms with E-state index in [9.17, 15) is 5.11 Å². The maximum atomic E-state index is 11.1. The van der Waals surface area contributed by atoms with Crippen LogP contribution in [0.3, 0.4) is 0 Å². The lowest BCUT2D eigenvalue weighted by atomic mass is 9.94. The maximum absolute atomic E-state index is 11.1. The van der Waals surface area contributed by atoms with Crippen molar-refractivity contribution in [2.24, 2.45) is 0 Å². The summed E-state index contributed by atoms with van der Waals surface area (Å²) in [6.45, 7) is 0.394. The normalized spacial score (nSPS) is 13.5. The van der Waals surface area contributed by atoms with Crippen LogP contribution in [0.1, 0.15) is 5.56 Å². The quantitative estimate of drug-likeness (QED) is 0.757. The molecule has 3 rings (SSSR count). The lowest BCUT2D eigenvalue weighted by Crippen LogP contribution is -2.38. The van der Waals surface area contributed by atoms with Gasteiger partial charge in [-0.15, -0.1) is 0 Å². The predicted octanol–water partition coefficient (Wildman–Crippen LogP) is 2.24. The Morgan fingerprint density at radius 2 is 1.68 bits per heavy atom. The van der Waals surface area contributed by atoms with Crippen molar-refractivity contribution < 1.29 is 9.84 Å². The van der Waals surface area contributed by atoms with E-state index in [0.717, 1.165) is 11.3 Å². The van der Waals surface area contributed by atoms with Crippen LogP contribution >= 0.6 is 0 Å². The first-order valence-electron chi connectivity index (χ1n) is 7.04. The van der Waals surface area contributed by atoms with Gasteiger partial charge >= 0.3 is 0 Å². The Kier molecular flexibility index (Phi) is 4.16. The smallest absolute Gasteiger partial charge is 0.143 e. The number of aromatic nitrogens is 3. The molecule has 5 nitrogen and oxygen atoms in total. The minimum Gasteiger partial charge on any atom is -0.490 e. The van der Waals surface area contributed by atoms with E-state index in [1.807, 2.05) is 60.7 Å². The first-order valence-corrected chi connectivity index (χ1v) is 7.04. The van der Waals surface area contributed by atoms with Crippen molar-refractivity contribution in [3.63, 3.8) is 0 Å². The second-order valence-electron chi connectivity index (χ2n) is 5.09. The highest BCUT2D eigenvalue weighted by atomic mass is 16.5. The fourth-order valence-electron chi connectivity index (χ4n) is 2.27. The van der Waals surface area contributed by atoms with E-state index in [4.69, 9.17) is 4.74 Å². The van der Waals surface area contributed by atoms with Gasteiger partial charge in [0.2, 0.25) is 0 Å². The number of ether oxygens (including phenoxy) is 1. The molecule has 0 aliphatic carbocycles. The lowest BCUT2D eigenvalue weighted by molar-refractivity contribution is -0.0270. The number of para-hydroxylation sites is 1. The molecule has 112 valence electrons. The zero-order chi connectivity index (χ0) is 15.3. The molecule has 0 saturated heterocycles. The van der Waals surface area contributed by atoms with Gasteiger partial charge in [-0.05, 0) is 17.7 Å². The third-order valence-corrected chi connectivity index (χ3v) is 3.42. The Balaban J connectivity index is 1.82. The third-order valence-electron chi connectivity index (χ3n) is 3.42. The summed E-state index contributed by atoms with van der Waals surface area (Å²) >= 11 is 0. The van der Waals surface area contributed by atoms with Crippen molar-refractivity contribution in [2.45, 2.75) is 12.1 Å². The number of hydrogen-bond donors (Lipinski definition) is 1. The van der Waals surface area contributed by atoms with Crippen LogP contribution in [0.5, 0.6) is 5.75 Å². The van der Waals surface area contributed by atoms with Crippen molar-refractivity contribution >= 4 is 0 Å². The van der Waals surface area contributed by atoms with E-state index < -0.39 is 5.60 Å². The number of nitrogens with zero attached hydrogens (tertiary/aromatic N) is 3. The molecule has 1 aromatic heterocycles. The summed E-state index contributed by atoms with van der Waals surface area (Å²) < 4.78 is 7.36. The summed E-state index contributed by atoms with van der Waals surface area (Å²) in [7, 11) is 0. The zero-order valence-corrected chi connectivity index (χ0v) is 12.0. The van der Waals surface area contributed by atoms with Crippen molar-refractivity contribution in [3.05, 3.63) is 78.9 Å². The molecule has 0 amide bonds. The van der Waals surface area contributed by atoms with Crippen molar-refractivity contribution in [1.29, 1.82) is 0 Å². The minimum absolute atomic E-state index is 0.126. The van der Waals surface area contributed by atoms with Gasteiger partial charge in [-0.2, -0.15) is 5.10 Å². The maximum Gasteiger partial charge on any atom is 0.143 e. The van der Waals surface area contributed by atoms with E-state index in [-0.39, 0.29) is 13.2 Å². The van der Waals surface area contributed by atoms with Crippen LogP contribution in [0.25, 0.3) is 0 Å². The average Bonchev–Trinajstić information content (AvgIpc) is 3.08. The number of benzene rings is 2.